The van der Waals surface area contributed by atoms with Crippen LogP contribution in [-0.2, 0) is 6.54 Å². The summed E-state index contributed by atoms with van der Waals surface area (Å²) in [5, 5.41) is 2.94. The standard InChI is InChI=1S/C12H19N3O/c1-8(2)9(3)15-12(16)10-4-5-14-11(6-10)7-13/h4-6,8-9H,7,13H2,1-3H3,(H,15,16). The fourth-order valence-electron chi connectivity index (χ4n) is 1.19. The van der Waals surface area contributed by atoms with Crippen LogP contribution in [0.5, 0.6) is 0 Å². The van der Waals surface area contributed by atoms with Gasteiger partial charge in [-0.15, -0.1) is 0 Å². The number of pyridine rings is 1. The van der Waals surface area contributed by atoms with Crippen molar-refractivity contribution in [3.8, 4) is 0 Å². The Balaban J connectivity index is 2.72. The molecular formula is C12H19N3O. The topological polar surface area (TPSA) is 68.0 Å². The SMILES string of the molecule is CC(C)C(C)NC(=O)c1ccnc(CN)c1. The van der Waals surface area contributed by atoms with Crippen molar-refractivity contribution < 1.29 is 4.79 Å². The van der Waals surface area contributed by atoms with Crippen molar-refractivity contribution in [2.24, 2.45) is 11.7 Å². The molecule has 0 radical (unpaired) electrons. The summed E-state index contributed by atoms with van der Waals surface area (Å²) in [7, 11) is 0. The molecule has 0 aromatic carbocycles. The van der Waals surface area contributed by atoms with E-state index in [0.29, 0.717) is 18.0 Å². The average molecular weight is 221 g/mol. The van der Waals surface area contributed by atoms with E-state index in [2.05, 4.69) is 24.1 Å². The van der Waals surface area contributed by atoms with Gasteiger partial charge < -0.3 is 11.1 Å². The van der Waals surface area contributed by atoms with E-state index in [0.717, 1.165) is 5.69 Å². The molecule has 3 N–H and O–H groups in total. The molecule has 4 heteroatoms. The number of rotatable bonds is 4. The second-order valence-electron chi connectivity index (χ2n) is 4.25. The van der Waals surface area contributed by atoms with Crippen LogP contribution in [0.15, 0.2) is 18.3 Å². The van der Waals surface area contributed by atoms with Crippen molar-refractivity contribution in [3.63, 3.8) is 0 Å². The summed E-state index contributed by atoms with van der Waals surface area (Å²) in [6, 6.07) is 3.58. The third-order valence-corrected chi connectivity index (χ3v) is 2.65. The van der Waals surface area contributed by atoms with Gasteiger partial charge in [0.2, 0.25) is 0 Å². The van der Waals surface area contributed by atoms with Crippen molar-refractivity contribution in [1.82, 2.24) is 10.3 Å². The summed E-state index contributed by atoms with van der Waals surface area (Å²) in [5.74, 6) is 0.345. The Morgan fingerprint density at radius 1 is 1.50 bits per heavy atom. The predicted molar refractivity (Wildman–Crippen MR) is 63.9 cm³/mol. The zero-order valence-electron chi connectivity index (χ0n) is 10.0. The van der Waals surface area contributed by atoms with E-state index in [1.165, 1.54) is 0 Å². The molecule has 1 unspecified atom stereocenters. The monoisotopic (exact) mass is 221 g/mol. The van der Waals surface area contributed by atoms with Crippen LogP contribution >= 0.6 is 0 Å². The van der Waals surface area contributed by atoms with Crippen LogP contribution in [0.25, 0.3) is 0 Å². The molecule has 0 aliphatic carbocycles. The molecule has 0 saturated carbocycles. The summed E-state index contributed by atoms with van der Waals surface area (Å²) >= 11 is 0. The lowest BCUT2D eigenvalue weighted by molar-refractivity contribution is 0.0930. The maximum absolute atomic E-state index is 11.8. The molecule has 0 aliphatic rings. The van der Waals surface area contributed by atoms with E-state index in [9.17, 15) is 4.79 Å². The minimum atomic E-state index is -0.0710. The van der Waals surface area contributed by atoms with E-state index < -0.39 is 0 Å². The Hall–Kier alpha value is -1.42. The first-order chi connectivity index (χ1) is 7.54. The lowest BCUT2D eigenvalue weighted by atomic mass is 10.1. The van der Waals surface area contributed by atoms with E-state index >= 15 is 0 Å². The average Bonchev–Trinajstić information content (AvgIpc) is 2.28. The first kappa shape index (κ1) is 12.6. The number of nitrogens with two attached hydrogens (primary N) is 1. The Morgan fingerprint density at radius 2 is 2.19 bits per heavy atom. The molecule has 1 rings (SSSR count). The van der Waals surface area contributed by atoms with Gasteiger partial charge in [-0.1, -0.05) is 13.8 Å². The molecule has 1 amide bonds. The van der Waals surface area contributed by atoms with Gasteiger partial charge in [0.05, 0.1) is 5.69 Å². The summed E-state index contributed by atoms with van der Waals surface area (Å²) < 4.78 is 0. The molecule has 0 bridgehead atoms. The van der Waals surface area contributed by atoms with Crippen molar-refractivity contribution in [2.75, 3.05) is 0 Å². The summed E-state index contributed by atoms with van der Waals surface area (Å²) in [6.45, 7) is 6.49. The highest BCUT2D eigenvalue weighted by Gasteiger charge is 2.12. The van der Waals surface area contributed by atoms with Crippen LogP contribution in [-0.4, -0.2) is 16.9 Å². The lowest BCUT2D eigenvalue weighted by Crippen LogP contribution is -2.36. The molecule has 1 atom stereocenters. The molecule has 1 aromatic rings. The zero-order chi connectivity index (χ0) is 12.1. The highest BCUT2D eigenvalue weighted by molar-refractivity contribution is 5.94. The van der Waals surface area contributed by atoms with E-state index in [1.807, 2.05) is 6.92 Å². The minimum Gasteiger partial charge on any atom is -0.349 e. The van der Waals surface area contributed by atoms with Gasteiger partial charge in [0.15, 0.2) is 0 Å². The lowest BCUT2D eigenvalue weighted by Gasteiger charge is -2.17. The molecule has 0 aliphatic heterocycles. The Bertz CT molecular complexity index is 363. The van der Waals surface area contributed by atoms with Crippen molar-refractivity contribution in [1.29, 1.82) is 0 Å². The number of nitrogens with zero attached hydrogens (tertiary/aromatic N) is 1. The van der Waals surface area contributed by atoms with Crippen molar-refractivity contribution in [3.05, 3.63) is 29.6 Å². The fraction of sp³-hybridized carbons (Fsp3) is 0.500. The number of amides is 1. The van der Waals surface area contributed by atoms with Gasteiger partial charge in [-0.25, -0.2) is 0 Å². The summed E-state index contributed by atoms with van der Waals surface area (Å²) in [4.78, 5) is 15.9. The van der Waals surface area contributed by atoms with Gasteiger partial charge in [-0.2, -0.15) is 0 Å². The van der Waals surface area contributed by atoms with Crippen molar-refractivity contribution >= 4 is 5.91 Å². The number of hydrogen-bond acceptors (Lipinski definition) is 3. The third kappa shape index (κ3) is 3.31. The molecule has 88 valence electrons. The first-order valence-electron chi connectivity index (χ1n) is 5.50. The molecule has 0 fully saturated rings. The highest BCUT2D eigenvalue weighted by Crippen LogP contribution is 2.05. The van der Waals surface area contributed by atoms with Gasteiger partial charge in [0.25, 0.3) is 5.91 Å². The van der Waals surface area contributed by atoms with Crippen LogP contribution in [0.4, 0.5) is 0 Å². The van der Waals surface area contributed by atoms with Crippen LogP contribution in [0.3, 0.4) is 0 Å². The predicted octanol–water partition coefficient (Wildman–Crippen LogP) is 1.31. The highest BCUT2D eigenvalue weighted by atomic mass is 16.1. The molecule has 16 heavy (non-hydrogen) atoms. The number of aromatic nitrogens is 1. The van der Waals surface area contributed by atoms with Crippen LogP contribution in [0.1, 0.15) is 36.8 Å². The van der Waals surface area contributed by atoms with E-state index in [-0.39, 0.29) is 11.9 Å². The minimum absolute atomic E-state index is 0.0710. The first-order valence-corrected chi connectivity index (χ1v) is 5.50. The molecular weight excluding hydrogens is 202 g/mol. The Labute approximate surface area is 96.3 Å². The van der Waals surface area contributed by atoms with E-state index in [1.54, 1.807) is 18.3 Å². The van der Waals surface area contributed by atoms with Gasteiger partial charge in [0, 0.05) is 24.3 Å². The molecule has 4 nitrogen and oxygen atoms in total. The maximum Gasteiger partial charge on any atom is 0.251 e. The van der Waals surface area contributed by atoms with Crippen LogP contribution < -0.4 is 11.1 Å². The number of carbonyl (C=O) groups is 1. The Morgan fingerprint density at radius 3 is 2.75 bits per heavy atom. The smallest absolute Gasteiger partial charge is 0.251 e. The fourth-order valence-corrected chi connectivity index (χ4v) is 1.19. The Kier molecular flexibility index (Phi) is 4.43. The van der Waals surface area contributed by atoms with Gasteiger partial charge >= 0.3 is 0 Å². The normalized spacial score (nSPS) is 12.6. The van der Waals surface area contributed by atoms with Gasteiger partial charge in [-0.3, -0.25) is 9.78 Å². The molecule has 1 aromatic heterocycles. The van der Waals surface area contributed by atoms with Crippen LogP contribution in [0.2, 0.25) is 0 Å². The maximum atomic E-state index is 11.8. The second kappa shape index (κ2) is 5.61. The zero-order valence-corrected chi connectivity index (χ0v) is 10.0. The van der Waals surface area contributed by atoms with Gasteiger partial charge in [0.1, 0.15) is 0 Å². The molecule has 0 saturated heterocycles. The number of nitrogens with one attached hydrogen (secondary N) is 1. The van der Waals surface area contributed by atoms with Crippen molar-refractivity contribution in [2.45, 2.75) is 33.4 Å². The summed E-state index contributed by atoms with van der Waals surface area (Å²) in [6.07, 6.45) is 1.61. The second-order valence-corrected chi connectivity index (χ2v) is 4.25. The van der Waals surface area contributed by atoms with Gasteiger partial charge in [-0.05, 0) is 25.0 Å². The van der Waals surface area contributed by atoms with E-state index in [4.69, 9.17) is 5.73 Å². The molecule has 1 heterocycles. The number of carbonyl (C=O) groups excluding carboxylic acids is 1. The number of hydrogen-bond donors (Lipinski definition) is 2. The quantitative estimate of drug-likeness (QED) is 0.805. The van der Waals surface area contributed by atoms with Crippen LogP contribution in [0, 0.1) is 5.92 Å². The summed E-state index contributed by atoms with van der Waals surface area (Å²) in [5.41, 5.74) is 6.81. The molecule has 0 spiro atoms. The third-order valence-electron chi connectivity index (χ3n) is 2.65. The largest absolute Gasteiger partial charge is 0.349 e.